The van der Waals surface area contributed by atoms with Crippen molar-refractivity contribution in [2.45, 2.75) is 25.2 Å². The van der Waals surface area contributed by atoms with Crippen LogP contribution in [0.2, 0.25) is 0 Å². The minimum atomic E-state index is -0.322. The van der Waals surface area contributed by atoms with E-state index in [-0.39, 0.29) is 11.7 Å². The zero-order valence-electron chi connectivity index (χ0n) is 15.7. The van der Waals surface area contributed by atoms with Gasteiger partial charge in [-0.1, -0.05) is 36.4 Å². The van der Waals surface area contributed by atoms with Gasteiger partial charge in [-0.25, -0.2) is 4.39 Å². The van der Waals surface area contributed by atoms with Crippen molar-refractivity contribution in [2.24, 2.45) is 0 Å². The van der Waals surface area contributed by atoms with E-state index in [9.17, 15) is 9.18 Å². The number of hydrogen-bond acceptors (Lipinski definition) is 2. The van der Waals surface area contributed by atoms with E-state index in [0.29, 0.717) is 24.6 Å². The second kappa shape index (κ2) is 8.34. The van der Waals surface area contributed by atoms with Crippen molar-refractivity contribution in [1.29, 1.82) is 0 Å². The molecule has 28 heavy (non-hydrogen) atoms. The number of likely N-dealkylation sites (tertiary alicyclic amines) is 1. The van der Waals surface area contributed by atoms with Crippen molar-refractivity contribution in [3.63, 3.8) is 0 Å². The Balaban J connectivity index is 1.39. The number of carbonyl (C=O) groups excluding carboxylic acids is 1. The summed E-state index contributed by atoms with van der Waals surface area (Å²) in [5.74, 6) is 0.0222. The molecule has 1 fully saturated rings. The highest BCUT2D eigenvalue weighted by molar-refractivity contribution is 5.94. The summed E-state index contributed by atoms with van der Waals surface area (Å²) in [4.78, 5) is 19.3. The largest absolute Gasteiger partial charge is 0.339 e. The molecule has 2 heterocycles. The molecule has 4 heteroatoms. The van der Waals surface area contributed by atoms with Crippen LogP contribution in [0.5, 0.6) is 0 Å². The Morgan fingerprint density at radius 3 is 2.36 bits per heavy atom. The first-order valence-corrected chi connectivity index (χ1v) is 9.73. The van der Waals surface area contributed by atoms with Crippen LogP contribution in [-0.4, -0.2) is 28.9 Å². The minimum Gasteiger partial charge on any atom is -0.339 e. The highest BCUT2D eigenvalue weighted by Crippen LogP contribution is 2.28. The van der Waals surface area contributed by atoms with E-state index in [4.69, 9.17) is 4.98 Å². The SMILES string of the molecule is O=C(c1ccc(F)cc1)N1CCC(c2cccc(Cc3ccccc3)n2)CC1. The van der Waals surface area contributed by atoms with Crippen molar-refractivity contribution in [2.75, 3.05) is 13.1 Å². The number of carbonyl (C=O) groups is 1. The van der Waals surface area contributed by atoms with Crippen LogP contribution in [0, 0.1) is 5.82 Å². The predicted molar refractivity (Wildman–Crippen MR) is 108 cm³/mol. The van der Waals surface area contributed by atoms with Crippen molar-refractivity contribution < 1.29 is 9.18 Å². The third-order valence-electron chi connectivity index (χ3n) is 5.35. The van der Waals surface area contributed by atoms with Crippen LogP contribution in [0.15, 0.2) is 72.8 Å². The summed E-state index contributed by atoms with van der Waals surface area (Å²) in [5.41, 5.74) is 3.99. The Morgan fingerprint density at radius 2 is 1.64 bits per heavy atom. The summed E-state index contributed by atoms with van der Waals surface area (Å²) in [7, 11) is 0. The molecule has 0 spiro atoms. The van der Waals surface area contributed by atoms with E-state index in [1.807, 2.05) is 23.1 Å². The monoisotopic (exact) mass is 374 g/mol. The van der Waals surface area contributed by atoms with Gasteiger partial charge in [0.15, 0.2) is 0 Å². The van der Waals surface area contributed by atoms with Gasteiger partial charge in [0.1, 0.15) is 5.82 Å². The molecule has 1 aromatic heterocycles. The Kier molecular flexibility index (Phi) is 5.47. The summed E-state index contributed by atoms with van der Waals surface area (Å²) in [6.45, 7) is 1.40. The molecule has 0 bridgehead atoms. The second-order valence-electron chi connectivity index (χ2n) is 7.29. The van der Waals surface area contributed by atoms with Gasteiger partial charge in [0.25, 0.3) is 5.91 Å². The molecule has 1 aliphatic rings. The molecular formula is C24H23FN2O. The molecule has 0 unspecified atom stereocenters. The van der Waals surface area contributed by atoms with Crippen LogP contribution in [-0.2, 0) is 6.42 Å². The molecule has 3 nitrogen and oxygen atoms in total. The van der Waals surface area contributed by atoms with E-state index in [2.05, 4.69) is 30.3 Å². The first-order valence-electron chi connectivity index (χ1n) is 9.73. The van der Waals surface area contributed by atoms with E-state index in [1.165, 1.54) is 17.7 Å². The van der Waals surface area contributed by atoms with Crippen LogP contribution in [0.1, 0.15) is 46.1 Å². The molecule has 1 saturated heterocycles. The van der Waals surface area contributed by atoms with Crippen molar-refractivity contribution in [3.8, 4) is 0 Å². The molecule has 0 aliphatic carbocycles. The molecule has 0 saturated carbocycles. The van der Waals surface area contributed by atoms with E-state index in [0.717, 1.165) is 30.7 Å². The first kappa shape index (κ1) is 18.4. The first-order chi connectivity index (χ1) is 13.7. The average Bonchev–Trinajstić information content (AvgIpc) is 2.75. The number of amides is 1. The lowest BCUT2D eigenvalue weighted by atomic mass is 9.92. The van der Waals surface area contributed by atoms with E-state index in [1.54, 1.807) is 12.1 Å². The molecule has 3 aromatic rings. The van der Waals surface area contributed by atoms with Crippen LogP contribution in [0.3, 0.4) is 0 Å². The van der Waals surface area contributed by atoms with Crippen LogP contribution < -0.4 is 0 Å². The maximum Gasteiger partial charge on any atom is 0.253 e. The Hall–Kier alpha value is -3.01. The normalized spacial score (nSPS) is 14.8. The topological polar surface area (TPSA) is 33.2 Å². The van der Waals surface area contributed by atoms with Crippen LogP contribution >= 0.6 is 0 Å². The van der Waals surface area contributed by atoms with Crippen molar-refractivity contribution in [1.82, 2.24) is 9.88 Å². The molecule has 1 amide bonds. The van der Waals surface area contributed by atoms with Gasteiger partial charge in [-0.2, -0.15) is 0 Å². The predicted octanol–water partition coefficient (Wildman–Crippen LogP) is 4.83. The highest BCUT2D eigenvalue weighted by Gasteiger charge is 2.25. The summed E-state index contributed by atoms with van der Waals surface area (Å²) < 4.78 is 13.1. The smallest absolute Gasteiger partial charge is 0.253 e. The summed E-state index contributed by atoms with van der Waals surface area (Å²) in [6, 6.07) is 22.4. The second-order valence-corrected chi connectivity index (χ2v) is 7.29. The number of benzene rings is 2. The zero-order chi connectivity index (χ0) is 19.3. The molecule has 0 radical (unpaired) electrons. The number of halogens is 1. The summed E-state index contributed by atoms with van der Waals surface area (Å²) in [6.07, 6.45) is 2.63. The molecular weight excluding hydrogens is 351 g/mol. The number of hydrogen-bond donors (Lipinski definition) is 0. The van der Waals surface area contributed by atoms with Gasteiger partial charge >= 0.3 is 0 Å². The fourth-order valence-electron chi connectivity index (χ4n) is 3.78. The zero-order valence-corrected chi connectivity index (χ0v) is 15.7. The molecule has 4 rings (SSSR count). The van der Waals surface area contributed by atoms with E-state index < -0.39 is 0 Å². The summed E-state index contributed by atoms with van der Waals surface area (Å²) in [5, 5.41) is 0. The van der Waals surface area contributed by atoms with Gasteiger partial charge in [0.2, 0.25) is 0 Å². The highest BCUT2D eigenvalue weighted by atomic mass is 19.1. The Morgan fingerprint density at radius 1 is 0.929 bits per heavy atom. The van der Waals surface area contributed by atoms with Crippen molar-refractivity contribution >= 4 is 5.91 Å². The molecule has 2 aromatic carbocycles. The number of aromatic nitrogens is 1. The third-order valence-corrected chi connectivity index (χ3v) is 5.35. The van der Waals surface area contributed by atoms with Gasteiger partial charge in [-0.3, -0.25) is 9.78 Å². The van der Waals surface area contributed by atoms with Gasteiger partial charge in [0, 0.05) is 42.4 Å². The maximum atomic E-state index is 13.1. The lowest BCUT2D eigenvalue weighted by molar-refractivity contribution is 0.0712. The van der Waals surface area contributed by atoms with Crippen LogP contribution in [0.4, 0.5) is 4.39 Å². The van der Waals surface area contributed by atoms with Gasteiger partial charge in [-0.05, 0) is 54.8 Å². The molecule has 142 valence electrons. The average molecular weight is 374 g/mol. The third kappa shape index (κ3) is 4.28. The Bertz CT molecular complexity index is 932. The Labute approximate surface area is 164 Å². The number of rotatable bonds is 4. The maximum absolute atomic E-state index is 13.1. The summed E-state index contributed by atoms with van der Waals surface area (Å²) >= 11 is 0. The lowest BCUT2D eigenvalue weighted by Crippen LogP contribution is -2.38. The van der Waals surface area contributed by atoms with Crippen LogP contribution in [0.25, 0.3) is 0 Å². The fourth-order valence-corrected chi connectivity index (χ4v) is 3.78. The molecule has 0 atom stereocenters. The fraction of sp³-hybridized carbons (Fsp3) is 0.250. The van der Waals surface area contributed by atoms with E-state index >= 15 is 0 Å². The van der Waals surface area contributed by atoms with Gasteiger partial charge < -0.3 is 4.90 Å². The van der Waals surface area contributed by atoms with Gasteiger partial charge in [0.05, 0.1) is 0 Å². The standard InChI is InChI=1S/C24H23FN2O/c25-21-11-9-20(10-12-21)24(28)27-15-13-19(14-16-27)23-8-4-7-22(26-23)17-18-5-2-1-3-6-18/h1-12,19H,13-17H2. The minimum absolute atomic E-state index is 0.0239. The lowest BCUT2D eigenvalue weighted by Gasteiger charge is -2.32. The number of nitrogens with zero attached hydrogens (tertiary/aromatic N) is 2. The number of pyridine rings is 1. The number of piperidine rings is 1. The molecule has 0 N–H and O–H groups in total. The molecule has 1 aliphatic heterocycles. The van der Waals surface area contributed by atoms with Gasteiger partial charge in [-0.15, -0.1) is 0 Å². The van der Waals surface area contributed by atoms with Crippen molar-refractivity contribution in [3.05, 3.63) is 101 Å². The quantitative estimate of drug-likeness (QED) is 0.655.